The molecule has 0 saturated carbocycles. The van der Waals surface area contributed by atoms with E-state index in [4.69, 9.17) is 22.1 Å². The van der Waals surface area contributed by atoms with Gasteiger partial charge in [-0.25, -0.2) is 9.37 Å². The Bertz CT molecular complexity index is 1110. The molecule has 2 atom stereocenters. The van der Waals surface area contributed by atoms with Gasteiger partial charge in [0, 0.05) is 0 Å². The molecule has 1 aliphatic heterocycles. The molecule has 0 aliphatic carbocycles. The Morgan fingerprint density at radius 2 is 2.03 bits per heavy atom. The molecule has 0 spiro atoms. The Hall–Kier alpha value is -3.13. The summed E-state index contributed by atoms with van der Waals surface area (Å²) in [7, 11) is 0. The average molecular weight is 528 g/mol. The van der Waals surface area contributed by atoms with Crippen molar-refractivity contribution in [2.24, 2.45) is 15.7 Å². The van der Waals surface area contributed by atoms with Crippen molar-refractivity contribution in [2.45, 2.75) is 44.7 Å². The molecule has 1 aliphatic rings. The number of rotatable bonds is 7. The number of nitrogens with two attached hydrogens (primary N) is 1. The van der Waals surface area contributed by atoms with Crippen molar-refractivity contribution < 1.29 is 40.6 Å². The molecule has 0 radical (unpaired) electrons. The molecule has 15 heteroatoms. The van der Waals surface area contributed by atoms with Crippen LogP contribution in [0.15, 0.2) is 44.7 Å². The third-order valence-electron chi connectivity index (χ3n) is 4.84. The highest BCUT2D eigenvalue weighted by atomic mass is 35.5. The first-order chi connectivity index (χ1) is 16.0. The maximum Gasteiger partial charge on any atom is 0.424 e. The van der Waals surface area contributed by atoms with Crippen molar-refractivity contribution in [1.82, 2.24) is 4.98 Å². The van der Waals surface area contributed by atoms with E-state index < -0.39 is 64.5 Å². The zero-order valence-electron chi connectivity index (χ0n) is 18.5. The van der Waals surface area contributed by atoms with E-state index >= 15 is 0 Å². The molecule has 2 heterocycles. The van der Waals surface area contributed by atoms with E-state index in [-0.39, 0.29) is 11.6 Å². The fourth-order valence-corrected chi connectivity index (χ4v) is 3.15. The Balaban J connectivity index is 2.39. The number of aliphatic imine (C=N–C) groups is 2. The van der Waals surface area contributed by atoms with Gasteiger partial charge in [0.05, 0.1) is 11.6 Å². The number of nitrogens with zero attached hydrogens (tertiary/aromatic N) is 3. The van der Waals surface area contributed by atoms with Crippen LogP contribution in [0.25, 0.3) is 0 Å². The van der Waals surface area contributed by atoms with Crippen molar-refractivity contribution >= 4 is 35.9 Å². The number of amides is 1. The van der Waals surface area contributed by atoms with Crippen LogP contribution in [0.1, 0.15) is 26.5 Å². The number of nitrogens with one attached hydrogen (secondary N) is 1. The molecule has 0 unspecified atom stereocenters. The number of carbonyl (C=O) groups is 1. The predicted octanol–water partition coefficient (Wildman–Crippen LogP) is 4.38. The molecule has 0 bridgehead atoms. The van der Waals surface area contributed by atoms with Crippen LogP contribution in [-0.4, -0.2) is 48.4 Å². The van der Waals surface area contributed by atoms with Gasteiger partial charge < -0.3 is 20.5 Å². The van der Waals surface area contributed by atoms with Gasteiger partial charge >= 0.3 is 12.8 Å². The second-order valence-corrected chi connectivity index (χ2v) is 7.97. The van der Waals surface area contributed by atoms with Gasteiger partial charge in [0.25, 0.3) is 5.91 Å². The molecule has 0 aromatic carbocycles. The standard InChI is InChI=1S/C20H20ClF6N5O3/c1-9(35-17(23)24)7-10(21)13(29-4)15(33)31-12-6-5-11(22)14(30-12)18(2)8-34-19(3,16(28)32-18)20(25,26)27/h5-7,17H,4,8H2,1-3H3,(H2,28,32)(H,30,31,33)/b9-7+,13-10+/t18-,19+/m0/s1. The van der Waals surface area contributed by atoms with Gasteiger partial charge in [0.1, 0.15) is 40.2 Å². The summed E-state index contributed by atoms with van der Waals surface area (Å²) < 4.78 is 88.2. The molecular formula is C20H20ClF6N5O3. The number of hydrogen-bond acceptors (Lipinski definition) is 7. The number of allylic oxidation sites excluding steroid dienone is 3. The number of alkyl halides is 5. The van der Waals surface area contributed by atoms with E-state index in [2.05, 4.69) is 31.7 Å². The van der Waals surface area contributed by atoms with Crippen molar-refractivity contribution in [3.8, 4) is 0 Å². The summed E-state index contributed by atoms with van der Waals surface area (Å²) in [4.78, 5) is 23.7. The monoisotopic (exact) mass is 527 g/mol. The molecular weight excluding hydrogens is 508 g/mol. The molecule has 3 N–H and O–H groups in total. The topological polar surface area (TPSA) is 111 Å². The van der Waals surface area contributed by atoms with E-state index in [1.807, 2.05) is 0 Å². The van der Waals surface area contributed by atoms with Crippen molar-refractivity contribution in [3.63, 3.8) is 0 Å². The van der Waals surface area contributed by atoms with Gasteiger partial charge in [0.15, 0.2) is 0 Å². The first-order valence-electron chi connectivity index (χ1n) is 9.58. The normalized spacial score (nSPS) is 24.0. The summed E-state index contributed by atoms with van der Waals surface area (Å²) in [6, 6.07) is 1.94. The Morgan fingerprint density at radius 1 is 1.40 bits per heavy atom. The number of aromatic nitrogens is 1. The summed E-state index contributed by atoms with van der Waals surface area (Å²) in [5.74, 6) is -3.49. The first-order valence-corrected chi connectivity index (χ1v) is 9.96. The highest BCUT2D eigenvalue weighted by Crippen LogP contribution is 2.41. The van der Waals surface area contributed by atoms with E-state index in [1.165, 1.54) is 6.92 Å². The maximum atomic E-state index is 14.6. The van der Waals surface area contributed by atoms with E-state index in [9.17, 15) is 31.1 Å². The largest absolute Gasteiger partial charge is 0.440 e. The van der Waals surface area contributed by atoms with E-state index in [0.717, 1.165) is 25.1 Å². The Labute approximate surface area is 200 Å². The third-order valence-corrected chi connectivity index (χ3v) is 5.13. The SMILES string of the molecule is C=N/C(C(=O)Nc1ccc(F)c([C@]2(C)CO[C@@](C)(C(F)(F)F)C(N)=N2)n1)=C(Cl)\C=C(/C)OC(F)F. The van der Waals surface area contributed by atoms with Crippen molar-refractivity contribution in [2.75, 3.05) is 11.9 Å². The average Bonchev–Trinajstić information content (AvgIpc) is 2.71. The second kappa shape index (κ2) is 10.2. The quantitative estimate of drug-likeness (QED) is 0.180. The lowest BCUT2D eigenvalue weighted by atomic mass is 9.93. The fraction of sp³-hybridized carbons (Fsp3) is 0.400. The molecule has 0 fully saturated rings. The summed E-state index contributed by atoms with van der Waals surface area (Å²) in [5, 5.41) is 1.84. The van der Waals surface area contributed by atoms with Crippen molar-refractivity contribution in [3.05, 3.63) is 46.2 Å². The first kappa shape index (κ1) is 28.1. The minimum absolute atomic E-state index is 0.263. The van der Waals surface area contributed by atoms with Crippen LogP contribution < -0.4 is 11.1 Å². The maximum absolute atomic E-state index is 14.6. The highest BCUT2D eigenvalue weighted by Gasteiger charge is 2.59. The van der Waals surface area contributed by atoms with Gasteiger partial charge in [0.2, 0.25) is 5.60 Å². The van der Waals surface area contributed by atoms with Crippen LogP contribution >= 0.6 is 11.6 Å². The third kappa shape index (κ3) is 6.11. The summed E-state index contributed by atoms with van der Waals surface area (Å²) in [6.07, 6.45) is -3.98. The van der Waals surface area contributed by atoms with Gasteiger partial charge in [-0.2, -0.15) is 22.0 Å². The summed E-state index contributed by atoms with van der Waals surface area (Å²) in [5.41, 5.74) is -0.0883. The number of carbonyl (C=O) groups excluding carboxylic acids is 1. The number of halogens is 7. The smallest absolute Gasteiger partial charge is 0.424 e. The van der Waals surface area contributed by atoms with Gasteiger partial charge in [-0.1, -0.05) is 11.6 Å². The zero-order chi connectivity index (χ0) is 26.8. The highest BCUT2D eigenvalue weighted by molar-refractivity contribution is 6.34. The van der Waals surface area contributed by atoms with Crippen LogP contribution in [-0.2, 0) is 19.8 Å². The number of anilines is 1. The van der Waals surface area contributed by atoms with Crippen molar-refractivity contribution in [1.29, 1.82) is 0 Å². The predicted molar refractivity (Wildman–Crippen MR) is 115 cm³/mol. The molecule has 2 rings (SSSR count). The molecule has 1 aromatic heterocycles. The Morgan fingerprint density at radius 3 is 2.54 bits per heavy atom. The lowest BCUT2D eigenvalue weighted by molar-refractivity contribution is -0.249. The van der Waals surface area contributed by atoms with Crippen LogP contribution in [0.5, 0.6) is 0 Å². The number of amidine groups is 1. The molecule has 1 aromatic rings. The molecule has 1 amide bonds. The second-order valence-electron chi connectivity index (χ2n) is 7.56. The van der Waals surface area contributed by atoms with E-state index in [1.54, 1.807) is 0 Å². The van der Waals surface area contributed by atoms with Crippen LogP contribution in [0.2, 0.25) is 0 Å². The van der Waals surface area contributed by atoms with Gasteiger partial charge in [-0.3, -0.25) is 14.8 Å². The van der Waals surface area contributed by atoms with Gasteiger partial charge in [-0.15, -0.1) is 0 Å². The van der Waals surface area contributed by atoms with Crippen LogP contribution in [0.4, 0.5) is 32.2 Å². The molecule has 0 saturated heterocycles. The Kier molecular flexibility index (Phi) is 8.22. The van der Waals surface area contributed by atoms with Gasteiger partial charge in [-0.05, 0) is 45.7 Å². The number of ether oxygens (including phenoxy) is 2. The zero-order valence-corrected chi connectivity index (χ0v) is 19.3. The lowest BCUT2D eigenvalue weighted by Gasteiger charge is -2.40. The minimum Gasteiger partial charge on any atom is -0.440 e. The number of pyridine rings is 1. The molecule has 192 valence electrons. The van der Waals surface area contributed by atoms with E-state index in [0.29, 0.717) is 6.92 Å². The minimum atomic E-state index is -4.88. The molecule has 35 heavy (non-hydrogen) atoms. The molecule has 8 nitrogen and oxygen atoms in total. The number of hydrogen-bond donors (Lipinski definition) is 2. The van der Waals surface area contributed by atoms with Crippen LogP contribution in [0, 0.1) is 5.82 Å². The fourth-order valence-electron chi connectivity index (χ4n) is 2.85. The lowest BCUT2D eigenvalue weighted by Crippen LogP contribution is -2.60. The van der Waals surface area contributed by atoms with Crippen LogP contribution in [0.3, 0.4) is 0 Å². The summed E-state index contributed by atoms with van der Waals surface area (Å²) >= 11 is 5.93. The summed E-state index contributed by atoms with van der Waals surface area (Å²) in [6.45, 7) is 2.42.